The van der Waals surface area contributed by atoms with Crippen molar-refractivity contribution in [2.24, 2.45) is 23.7 Å². The summed E-state index contributed by atoms with van der Waals surface area (Å²) >= 11 is 0. The first-order chi connectivity index (χ1) is 9.27. The van der Waals surface area contributed by atoms with Crippen molar-refractivity contribution in [1.29, 1.82) is 0 Å². The highest BCUT2D eigenvalue weighted by Crippen LogP contribution is 2.38. The fourth-order valence-corrected chi connectivity index (χ4v) is 2.81. The van der Waals surface area contributed by atoms with E-state index in [0.717, 1.165) is 6.42 Å². The molecular weight excluding hydrogens is 262 g/mol. The molecule has 1 amide bonds. The molecule has 20 heavy (non-hydrogen) atoms. The maximum atomic E-state index is 12.2. The van der Waals surface area contributed by atoms with Crippen molar-refractivity contribution in [1.82, 2.24) is 5.32 Å². The average Bonchev–Trinajstić information content (AvgIpc) is 2.79. The third-order valence-electron chi connectivity index (χ3n) is 4.12. The SMILES string of the molecule is CCC1CC(C(=O)O)C(C(=O)NC(C(=O)O)C(C)C)C1. The van der Waals surface area contributed by atoms with Crippen LogP contribution in [0.5, 0.6) is 0 Å². The van der Waals surface area contributed by atoms with Crippen molar-refractivity contribution >= 4 is 17.8 Å². The zero-order valence-electron chi connectivity index (χ0n) is 12.1. The van der Waals surface area contributed by atoms with E-state index < -0.39 is 35.7 Å². The Morgan fingerprint density at radius 3 is 2.10 bits per heavy atom. The molecule has 0 aliphatic heterocycles. The van der Waals surface area contributed by atoms with Gasteiger partial charge in [0.25, 0.3) is 0 Å². The molecule has 0 saturated heterocycles. The lowest BCUT2D eigenvalue weighted by molar-refractivity contribution is -0.147. The van der Waals surface area contributed by atoms with Crippen LogP contribution in [0, 0.1) is 23.7 Å². The second kappa shape index (κ2) is 6.72. The monoisotopic (exact) mass is 285 g/mol. The summed E-state index contributed by atoms with van der Waals surface area (Å²) in [6.07, 6.45) is 1.84. The largest absolute Gasteiger partial charge is 0.481 e. The summed E-state index contributed by atoms with van der Waals surface area (Å²) in [5.74, 6) is -3.88. The number of nitrogens with one attached hydrogen (secondary N) is 1. The fourth-order valence-electron chi connectivity index (χ4n) is 2.81. The minimum Gasteiger partial charge on any atom is -0.481 e. The summed E-state index contributed by atoms with van der Waals surface area (Å²) in [5.41, 5.74) is 0. The molecule has 1 saturated carbocycles. The molecule has 0 heterocycles. The number of aliphatic carboxylic acids is 2. The van der Waals surface area contributed by atoms with E-state index in [1.807, 2.05) is 6.92 Å². The van der Waals surface area contributed by atoms with E-state index in [2.05, 4.69) is 5.32 Å². The van der Waals surface area contributed by atoms with Crippen LogP contribution < -0.4 is 5.32 Å². The first-order valence-corrected chi connectivity index (χ1v) is 7.03. The lowest BCUT2D eigenvalue weighted by atomic mass is 9.94. The summed E-state index contributed by atoms with van der Waals surface area (Å²) < 4.78 is 0. The van der Waals surface area contributed by atoms with Crippen LogP contribution in [0.4, 0.5) is 0 Å². The topological polar surface area (TPSA) is 104 Å². The van der Waals surface area contributed by atoms with Crippen molar-refractivity contribution in [3.63, 3.8) is 0 Å². The average molecular weight is 285 g/mol. The quantitative estimate of drug-likeness (QED) is 0.683. The molecule has 0 aromatic rings. The maximum Gasteiger partial charge on any atom is 0.326 e. The Labute approximate surface area is 118 Å². The molecule has 0 aromatic carbocycles. The predicted molar refractivity (Wildman–Crippen MR) is 72.0 cm³/mol. The third kappa shape index (κ3) is 3.71. The Morgan fingerprint density at radius 2 is 1.70 bits per heavy atom. The summed E-state index contributed by atoms with van der Waals surface area (Å²) in [4.78, 5) is 34.5. The molecule has 1 fully saturated rings. The van der Waals surface area contributed by atoms with Gasteiger partial charge in [-0.15, -0.1) is 0 Å². The number of carbonyl (C=O) groups excluding carboxylic acids is 1. The van der Waals surface area contributed by atoms with Gasteiger partial charge in [0, 0.05) is 0 Å². The molecule has 6 nitrogen and oxygen atoms in total. The highest BCUT2D eigenvalue weighted by molar-refractivity contribution is 5.88. The summed E-state index contributed by atoms with van der Waals surface area (Å²) in [6.45, 7) is 5.38. The van der Waals surface area contributed by atoms with Crippen LogP contribution in [-0.4, -0.2) is 34.1 Å². The first-order valence-electron chi connectivity index (χ1n) is 7.03. The van der Waals surface area contributed by atoms with Crippen molar-refractivity contribution in [2.75, 3.05) is 0 Å². The van der Waals surface area contributed by atoms with Gasteiger partial charge in [0.05, 0.1) is 11.8 Å². The number of carboxylic acid groups (broad SMARTS) is 2. The number of carbonyl (C=O) groups is 3. The van der Waals surface area contributed by atoms with Gasteiger partial charge in [-0.05, 0) is 24.7 Å². The van der Waals surface area contributed by atoms with E-state index in [4.69, 9.17) is 5.11 Å². The van der Waals surface area contributed by atoms with Crippen LogP contribution in [0.15, 0.2) is 0 Å². The zero-order chi connectivity index (χ0) is 15.4. The summed E-state index contributed by atoms with van der Waals surface area (Å²) in [6, 6.07) is -0.974. The van der Waals surface area contributed by atoms with Crippen molar-refractivity contribution in [3.8, 4) is 0 Å². The molecule has 4 unspecified atom stereocenters. The Kier molecular flexibility index (Phi) is 5.53. The highest BCUT2D eigenvalue weighted by atomic mass is 16.4. The van der Waals surface area contributed by atoms with Crippen LogP contribution in [0.25, 0.3) is 0 Å². The molecule has 0 aromatic heterocycles. The first kappa shape index (κ1) is 16.5. The summed E-state index contributed by atoms with van der Waals surface area (Å²) in [5, 5.41) is 20.8. The molecular formula is C14H23NO5. The molecule has 114 valence electrons. The number of rotatable bonds is 6. The van der Waals surface area contributed by atoms with E-state index in [9.17, 15) is 19.5 Å². The molecule has 1 aliphatic rings. The van der Waals surface area contributed by atoms with Gasteiger partial charge in [0.1, 0.15) is 6.04 Å². The number of carboxylic acids is 2. The van der Waals surface area contributed by atoms with Crippen LogP contribution >= 0.6 is 0 Å². The van der Waals surface area contributed by atoms with Crippen LogP contribution in [-0.2, 0) is 14.4 Å². The lowest BCUT2D eigenvalue weighted by Crippen LogP contribution is -2.47. The molecule has 1 aliphatic carbocycles. The minimum absolute atomic E-state index is 0.217. The normalized spacial score (nSPS) is 27.3. The van der Waals surface area contributed by atoms with Gasteiger partial charge in [0.2, 0.25) is 5.91 Å². The Hall–Kier alpha value is -1.59. The van der Waals surface area contributed by atoms with E-state index in [0.29, 0.717) is 12.8 Å². The van der Waals surface area contributed by atoms with E-state index in [1.54, 1.807) is 13.8 Å². The number of hydrogen-bond donors (Lipinski definition) is 3. The van der Waals surface area contributed by atoms with Gasteiger partial charge < -0.3 is 15.5 Å². The molecule has 1 rings (SSSR count). The predicted octanol–water partition coefficient (Wildman–Crippen LogP) is 1.35. The van der Waals surface area contributed by atoms with E-state index >= 15 is 0 Å². The Morgan fingerprint density at radius 1 is 1.15 bits per heavy atom. The molecule has 0 spiro atoms. The van der Waals surface area contributed by atoms with Gasteiger partial charge >= 0.3 is 11.9 Å². The van der Waals surface area contributed by atoms with Crippen molar-refractivity contribution < 1.29 is 24.6 Å². The molecule has 4 atom stereocenters. The van der Waals surface area contributed by atoms with Crippen molar-refractivity contribution in [2.45, 2.75) is 46.1 Å². The molecule has 6 heteroatoms. The minimum atomic E-state index is -1.09. The summed E-state index contributed by atoms with van der Waals surface area (Å²) in [7, 11) is 0. The molecule has 3 N–H and O–H groups in total. The van der Waals surface area contributed by atoms with Gasteiger partial charge in [-0.25, -0.2) is 4.79 Å². The second-order valence-corrected chi connectivity index (χ2v) is 5.87. The smallest absolute Gasteiger partial charge is 0.326 e. The highest BCUT2D eigenvalue weighted by Gasteiger charge is 2.43. The van der Waals surface area contributed by atoms with Crippen LogP contribution in [0.1, 0.15) is 40.0 Å². The number of amides is 1. The zero-order valence-corrected chi connectivity index (χ0v) is 12.1. The van der Waals surface area contributed by atoms with Crippen molar-refractivity contribution in [3.05, 3.63) is 0 Å². The van der Waals surface area contributed by atoms with Crippen LogP contribution in [0.3, 0.4) is 0 Å². The Bertz CT molecular complexity index is 393. The van der Waals surface area contributed by atoms with Crippen LogP contribution in [0.2, 0.25) is 0 Å². The fraction of sp³-hybridized carbons (Fsp3) is 0.786. The van der Waals surface area contributed by atoms with Gasteiger partial charge in [-0.1, -0.05) is 27.2 Å². The molecule has 0 radical (unpaired) electrons. The van der Waals surface area contributed by atoms with Gasteiger partial charge in [-0.3, -0.25) is 9.59 Å². The number of hydrogen-bond acceptors (Lipinski definition) is 3. The van der Waals surface area contributed by atoms with E-state index in [1.165, 1.54) is 0 Å². The molecule has 0 bridgehead atoms. The van der Waals surface area contributed by atoms with Gasteiger partial charge in [-0.2, -0.15) is 0 Å². The Balaban J connectivity index is 2.79. The second-order valence-electron chi connectivity index (χ2n) is 5.87. The van der Waals surface area contributed by atoms with E-state index in [-0.39, 0.29) is 11.8 Å². The maximum absolute atomic E-state index is 12.2. The lowest BCUT2D eigenvalue weighted by Gasteiger charge is -2.22. The van der Waals surface area contributed by atoms with Gasteiger partial charge in [0.15, 0.2) is 0 Å². The third-order valence-corrected chi connectivity index (χ3v) is 4.12. The standard InChI is InChI=1S/C14H23NO5/c1-4-8-5-9(10(6-8)13(17)18)12(16)15-11(7(2)3)14(19)20/h7-11H,4-6H2,1-3H3,(H,15,16)(H,17,18)(H,19,20).